The largest absolute Gasteiger partial charge is 0.421 e. The molecule has 0 amide bonds. The van der Waals surface area contributed by atoms with Gasteiger partial charge in [0.2, 0.25) is 5.95 Å². The quantitative estimate of drug-likeness (QED) is 0.503. The van der Waals surface area contributed by atoms with Crippen LogP contribution in [-0.4, -0.2) is 24.6 Å². The van der Waals surface area contributed by atoms with Gasteiger partial charge < -0.3 is 16.4 Å². The van der Waals surface area contributed by atoms with Crippen LogP contribution in [0.1, 0.15) is 11.1 Å². The van der Waals surface area contributed by atoms with Crippen LogP contribution in [0, 0.1) is 0 Å². The van der Waals surface area contributed by atoms with Gasteiger partial charge in [-0.2, -0.15) is 18.2 Å². The second-order valence-corrected chi connectivity index (χ2v) is 8.49. The number of sulfone groups is 1. The molecule has 11 heteroatoms. The first-order valence-electron chi connectivity index (χ1n) is 8.62. The number of nitrogens with two attached hydrogens (primary N) is 1. The zero-order chi connectivity index (χ0) is 21.9. The summed E-state index contributed by atoms with van der Waals surface area (Å²) < 4.78 is 63.4. The van der Waals surface area contributed by atoms with Crippen LogP contribution in [0.3, 0.4) is 0 Å². The zero-order valence-electron chi connectivity index (χ0n) is 15.7. The average Bonchev–Trinajstić information content (AvgIpc) is 2.67. The molecule has 0 radical (unpaired) electrons. The molecule has 0 saturated carbocycles. The second kappa shape index (κ2) is 8.19. The molecule has 0 spiro atoms. The summed E-state index contributed by atoms with van der Waals surface area (Å²) >= 11 is 0. The molecule has 158 valence electrons. The van der Waals surface area contributed by atoms with E-state index in [1.54, 1.807) is 30.3 Å². The minimum absolute atomic E-state index is 0.0415. The molecule has 1 aromatic heterocycles. The lowest BCUT2D eigenvalue weighted by atomic mass is 10.2. The Hall–Kier alpha value is -3.34. The molecule has 30 heavy (non-hydrogen) atoms. The molecule has 0 aliphatic carbocycles. The van der Waals surface area contributed by atoms with Crippen LogP contribution in [0.5, 0.6) is 0 Å². The SMILES string of the molecule is CS(=O)(=O)c1cccc(CNc2nc(Nc3ccc(N)cc3)ncc2C(F)(F)F)c1. The van der Waals surface area contributed by atoms with Crippen LogP contribution in [-0.2, 0) is 22.6 Å². The first kappa shape index (κ1) is 21.4. The summed E-state index contributed by atoms with van der Waals surface area (Å²) in [6.07, 6.45) is -2.93. The van der Waals surface area contributed by atoms with E-state index in [1.807, 2.05) is 0 Å². The Labute approximate surface area is 171 Å². The fourth-order valence-corrected chi connectivity index (χ4v) is 3.24. The maximum Gasteiger partial charge on any atom is 0.421 e. The van der Waals surface area contributed by atoms with Crippen LogP contribution >= 0.6 is 0 Å². The normalized spacial score (nSPS) is 11.9. The minimum Gasteiger partial charge on any atom is -0.399 e. The van der Waals surface area contributed by atoms with Crippen LogP contribution < -0.4 is 16.4 Å². The molecule has 0 aliphatic rings. The lowest BCUT2D eigenvalue weighted by Gasteiger charge is -2.15. The summed E-state index contributed by atoms with van der Waals surface area (Å²) in [6, 6.07) is 12.5. The number of aromatic nitrogens is 2. The molecule has 3 aromatic rings. The maximum atomic E-state index is 13.4. The lowest BCUT2D eigenvalue weighted by molar-refractivity contribution is -0.137. The molecule has 0 fully saturated rings. The number of hydrogen-bond acceptors (Lipinski definition) is 7. The van der Waals surface area contributed by atoms with Crippen molar-refractivity contribution < 1.29 is 21.6 Å². The molecular formula is C19H18F3N5O2S. The number of hydrogen-bond donors (Lipinski definition) is 3. The number of benzene rings is 2. The van der Waals surface area contributed by atoms with Crippen LogP contribution in [0.4, 0.5) is 36.3 Å². The molecule has 4 N–H and O–H groups in total. The van der Waals surface area contributed by atoms with Crippen LogP contribution in [0.2, 0.25) is 0 Å². The summed E-state index contributed by atoms with van der Waals surface area (Å²) in [4.78, 5) is 7.75. The van der Waals surface area contributed by atoms with Crippen molar-refractivity contribution in [3.8, 4) is 0 Å². The molecule has 2 aromatic carbocycles. The van der Waals surface area contributed by atoms with Gasteiger partial charge in [-0.25, -0.2) is 13.4 Å². The van der Waals surface area contributed by atoms with E-state index in [1.165, 1.54) is 18.2 Å². The summed E-state index contributed by atoms with van der Waals surface area (Å²) in [5, 5.41) is 5.44. The van der Waals surface area contributed by atoms with Gasteiger partial charge in [-0.05, 0) is 42.0 Å². The van der Waals surface area contributed by atoms with Crippen molar-refractivity contribution in [3.63, 3.8) is 0 Å². The summed E-state index contributed by atoms with van der Waals surface area (Å²) in [5.41, 5.74) is 6.15. The van der Waals surface area contributed by atoms with Crippen molar-refractivity contribution in [2.24, 2.45) is 0 Å². The predicted octanol–water partition coefficient (Wildman–Crippen LogP) is 3.84. The number of nitrogen functional groups attached to an aromatic ring is 1. The highest BCUT2D eigenvalue weighted by Crippen LogP contribution is 2.34. The summed E-state index contributed by atoms with van der Waals surface area (Å²) in [7, 11) is -3.44. The van der Waals surface area contributed by atoms with E-state index < -0.39 is 27.4 Å². The van der Waals surface area contributed by atoms with E-state index in [4.69, 9.17) is 5.73 Å². The Kier molecular flexibility index (Phi) is 5.83. The smallest absolute Gasteiger partial charge is 0.399 e. The van der Waals surface area contributed by atoms with Gasteiger partial charge in [0.15, 0.2) is 9.84 Å². The highest BCUT2D eigenvalue weighted by molar-refractivity contribution is 7.90. The molecule has 0 atom stereocenters. The topological polar surface area (TPSA) is 110 Å². The third kappa shape index (κ3) is 5.38. The van der Waals surface area contributed by atoms with Gasteiger partial charge in [-0.1, -0.05) is 12.1 Å². The molecule has 1 heterocycles. The van der Waals surface area contributed by atoms with Crippen molar-refractivity contribution in [2.75, 3.05) is 22.6 Å². The molecule has 7 nitrogen and oxygen atoms in total. The third-order valence-electron chi connectivity index (χ3n) is 4.05. The molecule has 3 rings (SSSR count). The second-order valence-electron chi connectivity index (χ2n) is 6.47. The monoisotopic (exact) mass is 437 g/mol. The molecular weight excluding hydrogens is 419 g/mol. The molecule has 0 aliphatic heterocycles. The average molecular weight is 437 g/mol. The van der Waals surface area contributed by atoms with Crippen molar-refractivity contribution in [1.29, 1.82) is 0 Å². The maximum absolute atomic E-state index is 13.4. The van der Waals surface area contributed by atoms with Crippen LogP contribution in [0.15, 0.2) is 59.6 Å². The number of rotatable bonds is 6. The summed E-state index contributed by atoms with van der Waals surface area (Å²) in [6.45, 7) is -0.0647. The van der Waals surface area contributed by atoms with Crippen molar-refractivity contribution in [2.45, 2.75) is 17.6 Å². The van der Waals surface area contributed by atoms with E-state index in [0.29, 0.717) is 23.1 Å². The van der Waals surface area contributed by atoms with Crippen molar-refractivity contribution in [3.05, 3.63) is 65.9 Å². The minimum atomic E-state index is -4.67. The van der Waals surface area contributed by atoms with Crippen LogP contribution in [0.25, 0.3) is 0 Å². The van der Waals surface area contributed by atoms with Gasteiger partial charge in [0.25, 0.3) is 0 Å². The fraction of sp³-hybridized carbons (Fsp3) is 0.158. The number of nitrogens with zero attached hydrogens (tertiary/aromatic N) is 2. The Morgan fingerprint density at radius 2 is 1.80 bits per heavy atom. The van der Waals surface area contributed by atoms with Gasteiger partial charge in [-0.15, -0.1) is 0 Å². The van der Waals surface area contributed by atoms with E-state index >= 15 is 0 Å². The zero-order valence-corrected chi connectivity index (χ0v) is 16.6. The standard InChI is InChI=1S/C19H18F3N5O2S/c1-30(28,29)15-4-2-3-12(9-15)10-24-17-16(19(20,21)22)11-25-18(27-17)26-14-7-5-13(23)6-8-14/h2-9,11H,10,23H2,1H3,(H2,24,25,26,27). The van der Waals surface area contributed by atoms with Crippen molar-refractivity contribution in [1.82, 2.24) is 9.97 Å². The first-order valence-corrected chi connectivity index (χ1v) is 10.5. The molecule has 0 saturated heterocycles. The first-order chi connectivity index (χ1) is 14.0. The third-order valence-corrected chi connectivity index (χ3v) is 5.16. The van der Waals surface area contributed by atoms with Gasteiger partial charge >= 0.3 is 6.18 Å². The Balaban J connectivity index is 1.87. The van der Waals surface area contributed by atoms with Gasteiger partial charge in [0, 0.05) is 30.4 Å². The highest BCUT2D eigenvalue weighted by Gasteiger charge is 2.35. The van der Waals surface area contributed by atoms with Gasteiger partial charge in [0.05, 0.1) is 4.90 Å². The van der Waals surface area contributed by atoms with Gasteiger partial charge in [-0.3, -0.25) is 0 Å². The van der Waals surface area contributed by atoms with E-state index in [0.717, 1.165) is 6.26 Å². The van der Waals surface area contributed by atoms with E-state index in [2.05, 4.69) is 20.6 Å². The van der Waals surface area contributed by atoms with E-state index in [9.17, 15) is 21.6 Å². The lowest BCUT2D eigenvalue weighted by Crippen LogP contribution is -2.14. The number of alkyl halides is 3. The number of anilines is 4. The van der Waals surface area contributed by atoms with E-state index in [-0.39, 0.29) is 17.4 Å². The predicted molar refractivity (Wildman–Crippen MR) is 108 cm³/mol. The number of halogens is 3. The Morgan fingerprint density at radius 3 is 2.43 bits per heavy atom. The number of nitrogens with one attached hydrogen (secondary N) is 2. The highest BCUT2D eigenvalue weighted by atomic mass is 32.2. The summed E-state index contributed by atoms with van der Waals surface area (Å²) in [5.74, 6) is -0.472. The Morgan fingerprint density at radius 1 is 1.10 bits per heavy atom. The molecule has 0 unspecified atom stereocenters. The fourth-order valence-electron chi connectivity index (χ4n) is 2.55. The Bertz CT molecular complexity index is 1150. The molecule has 0 bridgehead atoms. The van der Waals surface area contributed by atoms with Gasteiger partial charge in [0.1, 0.15) is 11.4 Å². The van der Waals surface area contributed by atoms with Crippen molar-refractivity contribution >= 4 is 33.0 Å².